The third kappa shape index (κ3) is 3.85. The highest BCUT2D eigenvalue weighted by Gasteiger charge is 2.21. The largest absolute Gasteiger partial charge is 0.462 e. The van der Waals surface area contributed by atoms with Gasteiger partial charge in [0.15, 0.2) is 0 Å². The second kappa shape index (κ2) is 6.02. The topological polar surface area (TPSA) is 71.5 Å². The number of carbonyl (C=O) groups is 1. The van der Waals surface area contributed by atoms with Crippen LogP contribution in [0.2, 0.25) is 5.15 Å². The van der Waals surface area contributed by atoms with E-state index in [4.69, 9.17) is 16.3 Å². The summed E-state index contributed by atoms with van der Waals surface area (Å²) in [5.74, 6) is -0.474. The van der Waals surface area contributed by atoms with Crippen molar-refractivity contribution < 1.29 is 14.6 Å². The number of aromatic nitrogens is 1. The minimum Gasteiger partial charge on any atom is -0.462 e. The molecule has 0 aliphatic heterocycles. The highest BCUT2D eigenvalue weighted by molar-refractivity contribution is 6.29. The van der Waals surface area contributed by atoms with Crippen molar-refractivity contribution in [2.75, 3.05) is 18.5 Å². The number of halogens is 1. The summed E-state index contributed by atoms with van der Waals surface area (Å²) in [6.45, 7) is 5.53. The molecule has 0 atom stereocenters. The lowest BCUT2D eigenvalue weighted by atomic mass is 10.1. The fourth-order valence-electron chi connectivity index (χ4n) is 1.31. The van der Waals surface area contributed by atoms with Gasteiger partial charge in [-0.05, 0) is 26.8 Å². The lowest BCUT2D eigenvalue weighted by Gasteiger charge is -2.26. The molecule has 0 saturated heterocycles. The molecule has 0 radical (unpaired) electrons. The van der Waals surface area contributed by atoms with E-state index in [0.29, 0.717) is 11.3 Å². The van der Waals surface area contributed by atoms with E-state index < -0.39 is 11.5 Å². The lowest BCUT2D eigenvalue weighted by Crippen LogP contribution is -2.35. The second-order valence-electron chi connectivity index (χ2n) is 4.44. The maximum Gasteiger partial charge on any atom is 0.341 e. The normalized spacial score (nSPS) is 11.2. The predicted octanol–water partition coefficient (Wildman–Crippen LogP) is 2.09. The lowest BCUT2D eigenvalue weighted by molar-refractivity contribution is 0.0527. The molecule has 0 aliphatic carbocycles. The Hall–Kier alpha value is -1.33. The minimum absolute atomic E-state index is 0.0881. The Balaban J connectivity index is 3.08. The van der Waals surface area contributed by atoms with Crippen molar-refractivity contribution in [1.29, 1.82) is 0 Å². The molecule has 1 aromatic heterocycles. The summed E-state index contributed by atoms with van der Waals surface area (Å²) in [5, 5.41) is 12.5. The zero-order valence-electron chi connectivity index (χ0n) is 10.7. The number of aliphatic hydroxyl groups is 1. The van der Waals surface area contributed by atoms with Crippen LogP contribution in [0.1, 0.15) is 31.1 Å². The minimum atomic E-state index is -0.577. The number of pyridine rings is 1. The molecule has 6 heteroatoms. The van der Waals surface area contributed by atoms with Gasteiger partial charge in [-0.3, -0.25) is 0 Å². The number of nitrogens with one attached hydrogen (secondary N) is 1. The monoisotopic (exact) mass is 272 g/mol. The standard InChI is InChI=1S/C12H17ClN2O3/c1-4-18-11(17)8-6-14-10(13)5-9(8)15-12(2,3)7-16/h5-6,16H,4,7H2,1-3H3,(H,14,15). The van der Waals surface area contributed by atoms with Gasteiger partial charge < -0.3 is 15.2 Å². The summed E-state index contributed by atoms with van der Waals surface area (Å²) in [7, 11) is 0. The summed E-state index contributed by atoms with van der Waals surface area (Å²) >= 11 is 5.80. The van der Waals surface area contributed by atoms with Gasteiger partial charge in [0.2, 0.25) is 0 Å². The Bertz CT molecular complexity index is 435. The third-order valence-electron chi connectivity index (χ3n) is 2.23. The van der Waals surface area contributed by atoms with Gasteiger partial charge in [0.1, 0.15) is 10.7 Å². The van der Waals surface area contributed by atoms with Crippen molar-refractivity contribution in [2.24, 2.45) is 0 Å². The molecule has 0 aromatic carbocycles. The maximum atomic E-state index is 11.7. The van der Waals surface area contributed by atoms with Crippen LogP contribution >= 0.6 is 11.6 Å². The summed E-state index contributed by atoms with van der Waals surface area (Å²) < 4.78 is 4.93. The van der Waals surface area contributed by atoms with E-state index in [1.54, 1.807) is 20.8 Å². The highest BCUT2D eigenvalue weighted by atomic mass is 35.5. The van der Waals surface area contributed by atoms with Gasteiger partial charge in [-0.25, -0.2) is 9.78 Å². The van der Waals surface area contributed by atoms with Crippen molar-refractivity contribution in [1.82, 2.24) is 4.98 Å². The van der Waals surface area contributed by atoms with Crippen LogP contribution < -0.4 is 5.32 Å². The van der Waals surface area contributed by atoms with Crippen molar-refractivity contribution in [3.63, 3.8) is 0 Å². The van der Waals surface area contributed by atoms with Crippen LogP contribution in [0.5, 0.6) is 0 Å². The maximum absolute atomic E-state index is 11.7. The summed E-state index contributed by atoms with van der Waals surface area (Å²) in [6, 6.07) is 1.53. The molecular weight excluding hydrogens is 256 g/mol. The molecule has 0 bridgehead atoms. The molecule has 0 unspecified atom stereocenters. The number of hydrogen-bond acceptors (Lipinski definition) is 5. The van der Waals surface area contributed by atoms with Crippen LogP contribution in [0.4, 0.5) is 5.69 Å². The zero-order chi connectivity index (χ0) is 13.8. The molecule has 100 valence electrons. The molecule has 18 heavy (non-hydrogen) atoms. The number of aliphatic hydroxyl groups excluding tert-OH is 1. The Morgan fingerprint density at radius 3 is 2.83 bits per heavy atom. The Kier molecular flexibility index (Phi) is 4.93. The average molecular weight is 273 g/mol. The van der Waals surface area contributed by atoms with E-state index in [0.717, 1.165) is 0 Å². The summed E-state index contributed by atoms with van der Waals surface area (Å²) in [6.07, 6.45) is 1.36. The molecule has 0 fully saturated rings. The first-order valence-corrected chi connectivity index (χ1v) is 5.99. The van der Waals surface area contributed by atoms with E-state index in [1.807, 2.05) is 0 Å². The molecule has 1 rings (SSSR count). The first kappa shape index (κ1) is 14.7. The molecule has 1 aromatic rings. The number of nitrogens with zero attached hydrogens (tertiary/aromatic N) is 1. The van der Waals surface area contributed by atoms with Crippen LogP contribution in [0.25, 0.3) is 0 Å². The second-order valence-corrected chi connectivity index (χ2v) is 4.83. The molecule has 0 amide bonds. The predicted molar refractivity (Wildman–Crippen MR) is 70.0 cm³/mol. The van der Waals surface area contributed by atoms with Crippen molar-refractivity contribution in [2.45, 2.75) is 26.3 Å². The number of rotatable bonds is 5. The van der Waals surface area contributed by atoms with E-state index in [-0.39, 0.29) is 18.4 Å². The number of anilines is 1. The number of ether oxygens (including phenoxy) is 1. The summed E-state index contributed by atoms with van der Waals surface area (Å²) in [4.78, 5) is 15.6. The molecule has 2 N–H and O–H groups in total. The van der Waals surface area contributed by atoms with Crippen LogP contribution in [0.15, 0.2) is 12.3 Å². The molecule has 0 spiro atoms. The van der Waals surface area contributed by atoms with Gasteiger partial charge >= 0.3 is 5.97 Å². The first-order chi connectivity index (χ1) is 8.39. The van der Waals surface area contributed by atoms with Gasteiger partial charge in [0, 0.05) is 6.20 Å². The molecule has 1 heterocycles. The van der Waals surface area contributed by atoms with Gasteiger partial charge in [-0.2, -0.15) is 0 Å². The van der Waals surface area contributed by atoms with Crippen molar-refractivity contribution in [3.05, 3.63) is 23.0 Å². The SMILES string of the molecule is CCOC(=O)c1cnc(Cl)cc1NC(C)(C)CO. The smallest absolute Gasteiger partial charge is 0.341 e. The average Bonchev–Trinajstić information content (AvgIpc) is 2.29. The number of hydrogen-bond donors (Lipinski definition) is 2. The fourth-order valence-corrected chi connectivity index (χ4v) is 1.47. The van der Waals surface area contributed by atoms with E-state index in [1.165, 1.54) is 12.3 Å². The van der Waals surface area contributed by atoms with Gasteiger partial charge in [0.25, 0.3) is 0 Å². The number of esters is 1. The Morgan fingerprint density at radius 1 is 1.61 bits per heavy atom. The first-order valence-electron chi connectivity index (χ1n) is 5.61. The zero-order valence-corrected chi connectivity index (χ0v) is 11.4. The Labute approximate surface area is 111 Å². The Morgan fingerprint density at radius 2 is 2.28 bits per heavy atom. The third-order valence-corrected chi connectivity index (χ3v) is 2.44. The van der Waals surface area contributed by atoms with Crippen molar-refractivity contribution >= 4 is 23.3 Å². The quantitative estimate of drug-likeness (QED) is 0.634. The van der Waals surface area contributed by atoms with Crippen LogP contribution in [-0.4, -0.2) is 34.8 Å². The molecule has 0 saturated carbocycles. The van der Waals surface area contributed by atoms with E-state index >= 15 is 0 Å². The van der Waals surface area contributed by atoms with E-state index in [2.05, 4.69) is 10.3 Å². The number of carbonyl (C=O) groups excluding carboxylic acids is 1. The molecular formula is C12H17ClN2O3. The van der Waals surface area contributed by atoms with Crippen LogP contribution in [0.3, 0.4) is 0 Å². The fraction of sp³-hybridized carbons (Fsp3) is 0.500. The van der Waals surface area contributed by atoms with Gasteiger partial charge in [0.05, 0.1) is 24.4 Å². The molecule has 5 nitrogen and oxygen atoms in total. The van der Waals surface area contributed by atoms with Gasteiger partial charge in [-0.1, -0.05) is 11.6 Å². The summed E-state index contributed by atoms with van der Waals surface area (Å²) in [5.41, 5.74) is 0.210. The van der Waals surface area contributed by atoms with Crippen LogP contribution in [-0.2, 0) is 4.74 Å². The van der Waals surface area contributed by atoms with Crippen molar-refractivity contribution in [3.8, 4) is 0 Å². The highest BCUT2D eigenvalue weighted by Crippen LogP contribution is 2.23. The van der Waals surface area contributed by atoms with Gasteiger partial charge in [-0.15, -0.1) is 0 Å². The van der Waals surface area contributed by atoms with Crippen LogP contribution in [0, 0.1) is 0 Å². The van der Waals surface area contributed by atoms with E-state index in [9.17, 15) is 9.90 Å². The molecule has 0 aliphatic rings.